The standard InChI is InChI=1S/C23H19N3O4S2/c1-23(2,3)30-22(29)25-13-6-4-12(5-7-13)16-8-9-17(32-16)15-11-31-21-18(15)19(27)14(10-24)20(28)26-21/h4-9,11H,1-3H3,(H,25,29)(H2,26,27,28). The minimum atomic E-state index is -0.599. The highest BCUT2D eigenvalue weighted by Crippen LogP contribution is 2.43. The SMILES string of the molecule is CC(C)(C)OC(=O)Nc1ccc(-c2ccc(-c3csc4[nH]c(=O)c(C#N)c(O)c34)s2)cc1. The molecular weight excluding hydrogens is 446 g/mol. The lowest BCUT2D eigenvalue weighted by atomic mass is 10.1. The molecule has 32 heavy (non-hydrogen) atoms. The number of nitrogens with zero attached hydrogens (tertiary/aromatic N) is 1. The fourth-order valence-electron chi connectivity index (χ4n) is 3.15. The van der Waals surface area contributed by atoms with Gasteiger partial charge in [-0.05, 0) is 50.6 Å². The Morgan fingerprint density at radius 1 is 1.16 bits per heavy atom. The van der Waals surface area contributed by atoms with Gasteiger partial charge in [-0.3, -0.25) is 10.1 Å². The van der Waals surface area contributed by atoms with Gasteiger partial charge in [-0.2, -0.15) is 5.26 Å². The van der Waals surface area contributed by atoms with Crippen molar-refractivity contribution in [2.45, 2.75) is 26.4 Å². The molecule has 9 heteroatoms. The summed E-state index contributed by atoms with van der Waals surface area (Å²) in [6, 6.07) is 13.1. The molecule has 0 aliphatic carbocycles. The molecule has 1 amide bonds. The van der Waals surface area contributed by atoms with Crippen molar-refractivity contribution in [1.29, 1.82) is 5.26 Å². The van der Waals surface area contributed by atoms with Crippen molar-refractivity contribution in [1.82, 2.24) is 4.98 Å². The van der Waals surface area contributed by atoms with Crippen molar-refractivity contribution in [3.05, 3.63) is 57.7 Å². The number of hydrogen-bond acceptors (Lipinski definition) is 7. The number of amides is 1. The van der Waals surface area contributed by atoms with Crippen molar-refractivity contribution < 1.29 is 14.6 Å². The number of ether oxygens (including phenoxy) is 1. The van der Waals surface area contributed by atoms with E-state index in [-0.39, 0.29) is 11.3 Å². The molecule has 4 rings (SSSR count). The fourth-order valence-corrected chi connectivity index (χ4v) is 5.21. The van der Waals surface area contributed by atoms with E-state index in [1.165, 1.54) is 22.7 Å². The molecule has 4 aromatic rings. The summed E-state index contributed by atoms with van der Waals surface area (Å²) in [4.78, 5) is 28.9. The number of nitrogens with one attached hydrogen (secondary N) is 2. The van der Waals surface area contributed by atoms with Gasteiger partial charge in [0.2, 0.25) is 0 Å². The number of benzene rings is 1. The number of pyridine rings is 1. The monoisotopic (exact) mass is 465 g/mol. The molecule has 0 bridgehead atoms. The third kappa shape index (κ3) is 4.23. The van der Waals surface area contributed by atoms with Crippen molar-refractivity contribution in [2.24, 2.45) is 0 Å². The summed E-state index contributed by atoms with van der Waals surface area (Å²) in [6.07, 6.45) is -0.511. The largest absolute Gasteiger partial charge is 0.506 e. The molecule has 7 nitrogen and oxygen atoms in total. The van der Waals surface area contributed by atoms with E-state index in [0.717, 1.165) is 20.9 Å². The fraction of sp³-hybridized carbons (Fsp3) is 0.174. The maximum absolute atomic E-state index is 11.9. The first-order valence-electron chi connectivity index (χ1n) is 9.63. The van der Waals surface area contributed by atoms with Crippen LogP contribution >= 0.6 is 22.7 Å². The molecule has 1 aromatic carbocycles. The molecule has 3 N–H and O–H groups in total. The van der Waals surface area contributed by atoms with Crippen LogP contribution in [-0.4, -0.2) is 21.8 Å². The van der Waals surface area contributed by atoms with Gasteiger partial charge < -0.3 is 14.8 Å². The first-order chi connectivity index (χ1) is 15.2. The van der Waals surface area contributed by atoms with Crippen LogP contribution in [0.25, 0.3) is 31.1 Å². The second kappa shape index (κ2) is 8.15. The van der Waals surface area contributed by atoms with E-state index in [9.17, 15) is 20.0 Å². The summed E-state index contributed by atoms with van der Waals surface area (Å²) in [6.45, 7) is 5.41. The highest BCUT2D eigenvalue weighted by Gasteiger charge is 2.19. The van der Waals surface area contributed by atoms with Crippen LogP contribution in [0.1, 0.15) is 26.3 Å². The van der Waals surface area contributed by atoms with E-state index in [1.54, 1.807) is 39.0 Å². The number of carbonyl (C=O) groups excluding carboxylic acids is 1. The molecule has 0 spiro atoms. The number of anilines is 1. The highest BCUT2D eigenvalue weighted by atomic mass is 32.1. The predicted octanol–water partition coefficient (Wildman–Crippen LogP) is 5.91. The maximum Gasteiger partial charge on any atom is 0.412 e. The highest BCUT2D eigenvalue weighted by molar-refractivity contribution is 7.20. The predicted molar refractivity (Wildman–Crippen MR) is 127 cm³/mol. The molecule has 0 aliphatic rings. The Morgan fingerprint density at radius 3 is 2.50 bits per heavy atom. The summed E-state index contributed by atoms with van der Waals surface area (Å²) in [7, 11) is 0. The Kier molecular flexibility index (Phi) is 5.50. The number of nitriles is 1. The zero-order valence-electron chi connectivity index (χ0n) is 17.5. The minimum absolute atomic E-state index is 0.290. The second-order valence-electron chi connectivity index (χ2n) is 8.01. The van der Waals surface area contributed by atoms with Crippen molar-refractivity contribution in [2.75, 3.05) is 5.32 Å². The third-order valence-corrected chi connectivity index (χ3v) is 6.58. The van der Waals surface area contributed by atoms with Crippen LogP contribution < -0.4 is 10.9 Å². The lowest BCUT2D eigenvalue weighted by Crippen LogP contribution is -2.27. The zero-order valence-corrected chi connectivity index (χ0v) is 19.1. The van der Waals surface area contributed by atoms with Crippen LogP contribution in [0.3, 0.4) is 0 Å². The summed E-state index contributed by atoms with van der Waals surface area (Å²) < 4.78 is 5.26. The van der Waals surface area contributed by atoms with Crippen LogP contribution in [0.2, 0.25) is 0 Å². The number of thiophene rings is 2. The molecule has 3 aromatic heterocycles. The number of aromatic amines is 1. The summed E-state index contributed by atoms with van der Waals surface area (Å²) in [5.74, 6) is -0.296. The Morgan fingerprint density at radius 2 is 1.84 bits per heavy atom. The van der Waals surface area contributed by atoms with Crippen LogP contribution in [-0.2, 0) is 4.74 Å². The quantitative estimate of drug-likeness (QED) is 0.348. The van der Waals surface area contributed by atoms with Gasteiger partial charge in [0.25, 0.3) is 5.56 Å². The van der Waals surface area contributed by atoms with Gasteiger partial charge in [-0.1, -0.05) is 12.1 Å². The molecule has 0 saturated carbocycles. The summed E-state index contributed by atoms with van der Waals surface area (Å²) in [5.41, 5.74) is 0.889. The molecule has 3 heterocycles. The van der Waals surface area contributed by atoms with Crippen LogP contribution in [0.15, 0.2) is 46.6 Å². The molecule has 0 atom stereocenters. The maximum atomic E-state index is 11.9. The van der Waals surface area contributed by atoms with E-state index < -0.39 is 17.3 Å². The summed E-state index contributed by atoms with van der Waals surface area (Å²) in [5, 5.41) is 24.7. The topological polar surface area (TPSA) is 115 Å². The Labute approximate surface area is 191 Å². The molecule has 162 valence electrons. The molecule has 0 fully saturated rings. The van der Waals surface area contributed by atoms with Gasteiger partial charge in [-0.15, -0.1) is 22.7 Å². The average Bonchev–Trinajstić information content (AvgIpc) is 3.34. The van der Waals surface area contributed by atoms with Crippen LogP contribution in [0.4, 0.5) is 10.5 Å². The lowest BCUT2D eigenvalue weighted by Gasteiger charge is -2.19. The molecule has 0 aliphatic heterocycles. The number of carbonyl (C=O) groups is 1. The molecule has 0 saturated heterocycles. The number of aromatic nitrogens is 1. The third-order valence-electron chi connectivity index (χ3n) is 4.52. The van der Waals surface area contributed by atoms with Gasteiger partial charge in [0.05, 0.1) is 5.39 Å². The van der Waals surface area contributed by atoms with Crippen molar-refractivity contribution in [3.8, 4) is 32.7 Å². The summed E-state index contributed by atoms with van der Waals surface area (Å²) >= 11 is 2.82. The molecule has 0 radical (unpaired) electrons. The van der Waals surface area contributed by atoms with Crippen molar-refractivity contribution in [3.63, 3.8) is 0 Å². The smallest absolute Gasteiger partial charge is 0.412 e. The number of rotatable bonds is 3. The van der Waals surface area contributed by atoms with E-state index in [4.69, 9.17) is 4.74 Å². The molecule has 0 unspecified atom stereocenters. The van der Waals surface area contributed by atoms with E-state index in [2.05, 4.69) is 10.3 Å². The normalized spacial score (nSPS) is 11.3. The Bertz CT molecular complexity index is 1420. The number of fused-ring (bicyclic) bond motifs is 1. The van der Waals surface area contributed by atoms with E-state index in [1.807, 2.05) is 29.6 Å². The Hall–Kier alpha value is -3.61. The van der Waals surface area contributed by atoms with Gasteiger partial charge in [-0.25, -0.2) is 4.79 Å². The van der Waals surface area contributed by atoms with E-state index in [0.29, 0.717) is 15.9 Å². The zero-order chi connectivity index (χ0) is 23.0. The van der Waals surface area contributed by atoms with Gasteiger partial charge >= 0.3 is 6.09 Å². The number of hydrogen-bond donors (Lipinski definition) is 3. The van der Waals surface area contributed by atoms with Gasteiger partial charge in [0.15, 0.2) is 5.56 Å². The van der Waals surface area contributed by atoms with Crippen LogP contribution in [0.5, 0.6) is 5.75 Å². The minimum Gasteiger partial charge on any atom is -0.506 e. The van der Waals surface area contributed by atoms with Gasteiger partial charge in [0, 0.05) is 26.4 Å². The van der Waals surface area contributed by atoms with Crippen molar-refractivity contribution >= 4 is 44.7 Å². The number of H-pyrrole nitrogens is 1. The lowest BCUT2D eigenvalue weighted by molar-refractivity contribution is 0.0636. The first kappa shape index (κ1) is 21.6. The molecular formula is C23H19N3O4S2. The van der Waals surface area contributed by atoms with E-state index >= 15 is 0 Å². The van der Waals surface area contributed by atoms with Crippen LogP contribution in [0, 0.1) is 11.3 Å². The average molecular weight is 466 g/mol. The number of aromatic hydroxyl groups is 1. The first-order valence-corrected chi connectivity index (χ1v) is 11.3. The van der Waals surface area contributed by atoms with Gasteiger partial charge in [0.1, 0.15) is 22.3 Å². The second-order valence-corrected chi connectivity index (χ2v) is 9.97. The Balaban J connectivity index is 1.61.